The van der Waals surface area contributed by atoms with Crippen LogP contribution in [0.15, 0.2) is 48.7 Å². The highest BCUT2D eigenvalue weighted by atomic mass is 19.4. The second-order valence-corrected chi connectivity index (χ2v) is 10.3. The summed E-state index contributed by atoms with van der Waals surface area (Å²) in [6.45, 7) is 4.07. The van der Waals surface area contributed by atoms with E-state index in [1.807, 2.05) is 23.1 Å². The van der Waals surface area contributed by atoms with Gasteiger partial charge in [0.15, 0.2) is 5.65 Å². The number of alkyl halides is 3. The van der Waals surface area contributed by atoms with Gasteiger partial charge in [-0.2, -0.15) is 23.4 Å². The van der Waals surface area contributed by atoms with Crippen molar-refractivity contribution in [2.75, 3.05) is 51.1 Å². The lowest BCUT2D eigenvalue weighted by Gasteiger charge is -2.34. The average Bonchev–Trinajstić information content (AvgIpc) is 3.41. The Balaban J connectivity index is 1.20. The Morgan fingerprint density at radius 2 is 1.79 bits per heavy atom. The van der Waals surface area contributed by atoms with Crippen LogP contribution in [0.3, 0.4) is 0 Å². The van der Waals surface area contributed by atoms with E-state index >= 15 is 0 Å². The zero-order valence-electron chi connectivity index (χ0n) is 23.0. The third-order valence-corrected chi connectivity index (χ3v) is 7.48. The molecule has 0 spiro atoms. The minimum atomic E-state index is -4.35. The first-order chi connectivity index (χ1) is 20.2. The standard InChI is InChI=1S/C29H31F3N8O2/c30-29(31,32)11-8-25(41)38-15-9-21(10-16-38)24-3-1-14-40-26(24)35-28(36-40)34-23-6-4-22(5-7-23)27(42)39-19-17-37(18-20-39)13-2-12-33/h1,3-7,9,14H,2,8,10-11,13,15-20H2,(H,34,36). The molecule has 13 heteroatoms. The van der Waals surface area contributed by atoms with Crippen molar-refractivity contribution in [3.8, 4) is 6.07 Å². The fourth-order valence-corrected chi connectivity index (χ4v) is 5.15. The molecule has 220 valence electrons. The number of nitrogens with zero attached hydrogens (tertiary/aromatic N) is 7. The van der Waals surface area contributed by atoms with Gasteiger partial charge in [-0.1, -0.05) is 6.08 Å². The molecule has 2 amide bonds. The zero-order chi connectivity index (χ0) is 29.7. The van der Waals surface area contributed by atoms with Crippen molar-refractivity contribution in [3.05, 3.63) is 59.8 Å². The minimum Gasteiger partial charge on any atom is -0.339 e. The predicted molar refractivity (Wildman–Crippen MR) is 150 cm³/mol. The fraction of sp³-hybridized carbons (Fsp3) is 0.414. The van der Waals surface area contributed by atoms with Gasteiger partial charge in [0.05, 0.1) is 12.5 Å². The number of rotatable bonds is 8. The summed E-state index contributed by atoms with van der Waals surface area (Å²) >= 11 is 0. The van der Waals surface area contributed by atoms with Crippen LogP contribution in [0.25, 0.3) is 11.2 Å². The van der Waals surface area contributed by atoms with E-state index in [2.05, 4.69) is 26.4 Å². The number of hydrogen-bond acceptors (Lipinski definition) is 7. The number of piperazine rings is 1. The number of amides is 2. The van der Waals surface area contributed by atoms with Gasteiger partial charge >= 0.3 is 6.18 Å². The molecular formula is C29H31F3N8O2. The van der Waals surface area contributed by atoms with Crippen molar-refractivity contribution < 1.29 is 22.8 Å². The molecule has 4 heterocycles. The molecule has 0 aliphatic carbocycles. The zero-order valence-corrected chi connectivity index (χ0v) is 23.0. The van der Waals surface area contributed by atoms with Crippen LogP contribution < -0.4 is 5.32 Å². The van der Waals surface area contributed by atoms with E-state index < -0.39 is 24.9 Å². The van der Waals surface area contributed by atoms with Crippen LogP contribution in [0.2, 0.25) is 0 Å². The molecule has 2 aromatic heterocycles. The third-order valence-electron chi connectivity index (χ3n) is 7.48. The molecule has 1 saturated heterocycles. The van der Waals surface area contributed by atoms with Crippen LogP contribution in [0, 0.1) is 11.3 Å². The Morgan fingerprint density at radius 3 is 2.45 bits per heavy atom. The Hall–Kier alpha value is -4.44. The van der Waals surface area contributed by atoms with Gasteiger partial charge < -0.3 is 15.1 Å². The highest BCUT2D eigenvalue weighted by Crippen LogP contribution is 2.28. The topological polar surface area (TPSA) is 110 Å². The summed E-state index contributed by atoms with van der Waals surface area (Å²) in [6.07, 6.45) is -1.40. The van der Waals surface area contributed by atoms with Crippen molar-refractivity contribution in [2.45, 2.75) is 31.9 Å². The summed E-state index contributed by atoms with van der Waals surface area (Å²) in [5.74, 6) is -0.161. The lowest BCUT2D eigenvalue weighted by atomic mass is 10.00. The molecular weight excluding hydrogens is 549 g/mol. The van der Waals surface area contributed by atoms with Gasteiger partial charge in [-0.25, -0.2) is 4.52 Å². The molecule has 2 aliphatic heterocycles. The summed E-state index contributed by atoms with van der Waals surface area (Å²) in [7, 11) is 0. The monoisotopic (exact) mass is 580 g/mol. The van der Waals surface area contributed by atoms with E-state index in [9.17, 15) is 22.8 Å². The predicted octanol–water partition coefficient (Wildman–Crippen LogP) is 4.10. The van der Waals surface area contributed by atoms with Crippen LogP contribution >= 0.6 is 0 Å². The molecule has 10 nitrogen and oxygen atoms in total. The van der Waals surface area contributed by atoms with Crippen molar-refractivity contribution in [1.29, 1.82) is 5.26 Å². The van der Waals surface area contributed by atoms with Crippen molar-refractivity contribution in [1.82, 2.24) is 29.3 Å². The number of hydrogen-bond donors (Lipinski definition) is 1. The van der Waals surface area contributed by atoms with E-state index in [0.29, 0.717) is 49.6 Å². The molecule has 5 rings (SSSR count). The van der Waals surface area contributed by atoms with Crippen LogP contribution in [-0.4, -0.2) is 93.1 Å². The fourth-order valence-electron chi connectivity index (χ4n) is 5.15. The summed E-state index contributed by atoms with van der Waals surface area (Å²) in [4.78, 5) is 35.3. The number of carbonyl (C=O) groups is 2. The molecule has 3 aromatic rings. The molecule has 0 bridgehead atoms. The number of aromatic nitrogens is 3. The van der Waals surface area contributed by atoms with Gasteiger partial charge in [-0.05, 0) is 48.4 Å². The molecule has 42 heavy (non-hydrogen) atoms. The smallest absolute Gasteiger partial charge is 0.339 e. The van der Waals surface area contributed by atoms with Gasteiger partial charge in [-0.3, -0.25) is 14.5 Å². The molecule has 0 unspecified atom stereocenters. The third kappa shape index (κ3) is 7.06. The highest BCUT2D eigenvalue weighted by molar-refractivity contribution is 5.94. The maximum atomic E-state index is 13.0. The van der Waals surface area contributed by atoms with Gasteiger partial charge in [0.1, 0.15) is 0 Å². The molecule has 0 radical (unpaired) electrons. The van der Waals surface area contributed by atoms with Crippen molar-refractivity contribution >= 4 is 34.7 Å². The first kappa shape index (κ1) is 29.1. The maximum Gasteiger partial charge on any atom is 0.389 e. The van der Waals surface area contributed by atoms with E-state index in [1.54, 1.807) is 35.0 Å². The Bertz CT molecular complexity index is 1500. The molecule has 1 aromatic carbocycles. The van der Waals surface area contributed by atoms with Crippen LogP contribution in [-0.2, 0) is 4.79 Å². The first-order valence-corrected chi connectivity index (χ1v) is 13.9. The number of fused-ring (bicyclic) bond motifs is 1. The van der Waals surface area contributed by atoms with Gasteiger partial charge in [-0.15, -0.1) is 5.10 Å². The van der Waals surface area contributed by atoms with Crippen LogP contribution in [0.4, 0.5) is 24.8 Å². The largest absolute Gasteiger partial charge is 0.389 e. The summed E-state index contributed by atoms with van der Waals surface area (Å²) in [5.41, 5.74) is 3.72. The molecule has 0 atom stereocenters. The molecule has 1 N–H and O–H groups in total. The van der Waals surface area contributed by atoms with Crippen molar-refractivity contribution in [3.63, 3.8) is 0 Å². The van der Waals surface area contributed by atoms with Crippen LogP contribution in [0.5, 0.6) is 0 Å². The summed E-state index contributed by atoms with van der Waals surface area (Å²) in [5, 5.41) is 16.5. The van der Waals surface area contributed by atoms with E-state index in [-0.39, 0.29) is 12.5 Å². The summed E-state index contributed by atoms with van der Waals surface area (Å²) < 4.78 is 39.1. The molecule has 0 saturated carbocycles. The van der Waals surface area contributed by atoms with E-state index in [1.165, 1.54) is 4.90 Å². The average molecular weight is 581 g/mol. The number of nitrogens with one attached hydrogen (secondary N) is 1. The quantitative estimate of drug-likeness (QED) is 0.427. The number of nitriles is 1. The van der Waals surface area contributed by atoms with E-state index in [0.717, 1.165) is 36.5 Å². The number of pyridine rings is 1. The lowest BCUT2D eigenvalue weighted by molar-refractivity contribution is -0.148. The lowest BCUT2D eigenvalue weighted by Crippen LogP contribution is -2.48. The first-order valence-electron chi connectivity index (χ1n) is 13.9. The Kier molecular flexibility index (Phi) is 8.72. The van der Waals surface area contributed by atoms with Gasteiger partial charge in [0, 0.05) is 81.7 Å². The molecule has 2 aliphatic rings. The van der Waals surface area contributed by atoms with E-state index in [4.69, 9.17) is 5.26 Å². The maximum absolute atomic E-state index is 13.0. The van der Waals surface area contributed by atoms with Crippen molar-refractivity contribution in [2.24, 2.45) is 0 Å². The normalized spacial score (nSPS) is 16.3. The second-order valence-electron chi connectivity index (χ2n) is 10.3. The number of benzene rings is 1. The second kappa shape index (κ2) is 12.6. The highest BCUT2D eigenvalue weighted by Gasteiger charge is 2.30. The SMILES string of the molecule is N#CCCN1CCN(C(=O)c2ccc(Nc3nc4c(C5=CCN(C(=O)CCC(F)(F)F)CC5)cccn4n3)cc2)CC1. The Labute approximate surface area is 241 Å². The summed E-state index contributed by atoms with van der Waals surface area (Å²) in [6, 6.07) is 13.0. The number of carbonyl (C=O) groups excluding carboxylic acids is 2. The molecule has 1 fully saturated rings. The minimum absolute atomic E-state index is 0.0293. The van der Waals surface area contributed by atoms with Gasteiger partial charge in [0.2, 0.25) is 11.9 Å². The number of anilines is 2. The van der Waals surface area contributed by atoms with Crippen LogP contribution in [0.1, 0.15) is 41.6 Å². The number of halogens is 3. The Morgan fingerprint density at radius 1 is 1.02 bits per heavy atom. The van der Waals surface area contributed by atoms with Gasteiger partial charge in [0.25, 0.3) is 5.91 Å².